The van der Waals surface area contributed by atoms with Gasteiger partial charge in [0.25, 0.3) is 0 Å². The van der Waals surface area contributed by atoms with E-state index in [1.807, 2.05) is 0 Å². The second-order valence-electron chi connectivity index (χ2n) is 5.67. The third-order valence-electron chi connectivity index (χ3n) is 3.60. The molecule has 0 radical (unpaired) electrons. The quantitative estimate of drug-likeness (QED) is 0.595. The van der Waals surface area contributed by atoms with Crippen LogP contribution in [0.1, 0.15) is 11.3 Å². The molecule has 0 spiro atoms. The van der Waals surface area contributed by atoms with Crippen LogP contribution in [0.25, 0.3) is 5.69 Å². The maximum atomic E-state index is 13.0. The summed E-state index contributed by atoms with van der Waals surface area (Å²) in [5.41, 5.74) is -2.92. The van der Waals surface area contributed by atoms with Crippen LogP contribution in [0.5, 0.6) is 0 Å². The van der Waals surface area contributed by atoms with E-state index >= 15 is 0 Å². The molecule has 0 fully saturated rings. The monoisotopic (exact) mass is 415 g/mol. The number of hydrogen-bond donors (Lipinski definition) is 2. The normalized spacial score (nSPS) is 11.9. The molecule has 0 saturated heterocycles. The number of halogens is 6. The number of urea groups is 1. The molecule has 0 atom stereocenters. The van der Waals surface area contributed by atoms with Crippen LogP contribution in [0.4, 0.5) is 42.6 Å². The lowest BCUT2D eigenvalue weighted by Gasteiger charge is -2.15. The van der Waals surface area contributed by atoms with Gasteiger partial charge in [0.2, 0.25) is 0 Å². The smallest absolute Gasteiger partial charge is 0.306 e. The molecule has 2 amide bonds. The number of carbonyl (C=O) groups is 1. The molecule has 0 bridgehead atoms. The zero-order valence-electron chi connectivity index (χ0n) is 14.2. The highest BCUT2D eigenvalue weighted by atomic mass is 19.4. The van der Waals surface area contributed by atoms with Crippen LogP contribution in [0.2, 0.25) is 0 Å². The van der Waals surface area contributed by atoms with Crippen molar-refractivity contribution in [2.24, 2.45) is 0 Å². The van der Waals surface area contributed by atoms with Crippen molar-refractivity contribution in [2.45, 2.75) is 12.4 Å². The highest BCUT2D eigenvalue weighted by Crippen LogP contribution is 2.34. The lowest BCUT2D eigenvalue weighted by molar-refractivity contribution is -0.141. The van der Waals surface area contributed by atoms with Crippen LogP contribution in [-0.4, -0.2) is 20.8 Å². The van der Waals surface area contributed by atoms with Crippen molar-refractivity contribution >= 4 is 17.5 Å². The molecule has 0 saturated carbocycles. The van der Waals surface area contributed by atoms with Crippen LogP contribution in [0.3, 0.4) is 0 Å². The predicted octanol–water partition coefficient (Wildman–Crippen LogP) is 4.95. The first-order chi connectivity index (χ1) is 13.5. The predicted molar refractivity (Wildman–Crippen MR) is 90.4 cm³/mol. The lowest BCUT2D eigenvalue weighted by atomic mass is 10.1. The molecular weight excluding hydrogens is 404 g/mol. The van der Waals surface area contributed by atoms with E-state index in [9.17, 15) is 31.1 Å². The van der Waals surface area contributed by atoms with Gasteiger partial charge in [-0.15, -0.1) is 0 Å². The number of hydrogen-bond acceptors (Lipinski definition) is 3. The molecule has 0 unspecified atom stereocenters. The highest BCUT2D eigenvalue weighted by molar-refractivity contribution is 6.00. The van der Waals surface area contributed by atoms with Gasteiger partial charge in [0.05, 0.1) is 16.9 Å². The number of nitrogens with one attached hydrogen (secondary N) is 2. The Morgan fingerprint density at radius 1 is 0.931 bits per heavy atom. The van der Waals surface area contributed by atoms with Crippen molar-refractivity contribution in [1.82, 2.24) is 14.8 Å². The lowest BCUT2D eigenvalue weighted by Crippen LogP contribution is -2.21. The summed E-state index contributed by atoms with van der Waals surface area (Å²) in [6.45, 7) is 0. The summed E-state index contributed by atoms with van der Waals surface area (Å²) < 4.78 is 78.2. The van der Waals surface area contributed by atoms with Gasteiger partial charge in [-0.3, -0.25) is 5.32 Å². The number of carbonyl (C=O) groups excluding carboxylic acids is 1. The Morgan fingerprint density at radius 2 is 1.69 bits per heavy atom. The van der Waals surface area contributed by atoms with E-state index in [0.29, 0.717) is 18.2 Å². The van der Waals surface area contributed by atoms with Gasteiger partial charge in [0.15, 0.2) is 5.69 Å². The number of amides is 2. The Hall–Kier alpha value is -3.57. The number of aromatic nitrogens is 3. The molecule has 2 aromatic heterocycles. The molecule has 1 aromatic carbocycles. The van der Waals surface area contributed by atoms with Crippen molar-refractivity contribution in [3.05, 3.63) is 66.1 Å². The molecule has 0 aliphatic heterocycles. The Labute approximate surface area is 159 Å². The molecule has 3 rings (SSSR count). The SMILES string of the molecule is O=C(Nc1ccccn1)Nc1cc(C(F)(F)F)ccc1-n1ccc(C(F)(F)F)n1. The Balaban J connectivity index is 1.96. The standard InChI is InChI=1S/C17H11F6N5O/c18-16(19,20)10-4-5-12(28-8-6-13(27-28)17(21,22)23)11(9-10)25-15(29)26-14-3-1-2-7-24-14/h1-9H,(H2,24,25,26,29). The Kier molecular flexibility index (Phi) is 5.18. The molecule has 3 aromatic rings. The van der Waals surface area contributed by atoms with Crippen molar-refractivity contribution in [1.29, 1.82) is 0 Å². The summed E-state index contributed by atoms with van der Waals surface area (Å²) in [7, 11) is 0. The zero-order chi connectivity index (χ0) is 21.2. The third-order valence-corrected chi connectivity index (χ3v) is 3.60. The van der Waals surface area contributed by atoms with Gasteiger partial charge in [-0.2, -0.15) is 31.4 Å². The number of alkyl halides is 6. The molecule has 0 aliphatic rings. The van der Waals surface area contributed by atoms with Crippen LogP contribution >= 0.6 is 0 Å². The van der Waals surface area contributed by atoms with E-state index in [0.717, 1.165) is 16.9 Å². The van der Waals surface area contributed by atoms with E-state index in [1.54, 1.807) is 12.1 Å². The fraction of sp³-hybridized carbons (Fsp3) is 0.118. The van der Waals surface area contributed by atoms with Crippen LogP contribution < -0.4 is 10.6 Å². The van der Waals surface area contributed by atoms with Crippen molar-refractivity contribution in [3.8, 4) is 5.69 Å². The van der Waals surface area contributed by atoms with E-state index < -0.39 is 35.3 Å². The average Bonchev–Trinajstić information content (AvgIpc) is 3.12. The number of pyridine rings is 1. The van der Waals surface area contributed by atoms with Gasteiger partial charge >= 0.3 is 18.4 Å². The fourth-order valence-corrected chi connectivity index (χ4v) is 2.33. The van der Waals surface area contributed by atoms with Gasteiger partial charge in [-0.05, 0) is 36.4 Å². The first-order valence-electron chi connectivity index (χ1n) is 7.87. The molecule has 6 nitrogen and oxygen atoms in total. The van der Waals surface area contributed by atoms with Crippen LogP contribution in [0.15, 0.2) is 54.9 Å². The Bertz CT molecular complexity index is 1010. The molecule has 152 valence electrons. The molecule has 2 heterocycles. The third kappa shape index (κ3) is 4.83. The molecule has 29 heavy (non-hydrogen) atoms. The van der Waals surface area contributed by atoms with E-state index in [2.05, 4.69) is 20.7 Å². The van der Waals surface area contributed by atoms with Gasteiger partial charge in [-0.25, -0.2) is 14.5 Å². The second kappa shape index (κ2) is 7.45. The summed E-state index contributed by atoms with van der Waals surface area (Å²) in [6, 6.07) is 6.50. The summed E-state index contributed by atoms with van der Waals surface area (Å²) in [5.74, 6) is 0.122. The van der Waals surface area contributed by atoms with Gasteiger partial charge < -0.3 is 5.32 Å². The molecule has 0 aliphatic carbocycles. The maximum Gasteiger partial charge on any atom is 0.435 e. The largest absolute Gasteiger partial charge is 0.435 e. The van der Waals surface area contributed by atoms with E-state index in [-0.39, 0.29) is 11.5 Å². The summed E-state index contributed by atoms with van der Waals surface area (Å²) in [6.07, 6.45) is -7.16. The number of anilines is 2. The number of benzene rings is 1. The van der Waals surface area contributed by atoms with Gasteiger partial charge in [-0.1, -0.05) is 6.07 Å². The Morgan fingerprint density at radius 3 is 2.28 bits per heavy atom. The van der Waals surface area contributed by atoms with Crippen LogP contribution in [0, 0.1) is 0 Å². The average molecular weight is 415 g/mol. The molecular formula is C17H11F6N5O. The minimum atomic E-state index is -4.74. The number of rotatable bonds is 3. The maximum absolute atomic E-state index is 13.0. The fourth-order valence-electron chi connectivity index (χ4n) is 2.33. The van der Waals surface area contributed by atoms with Gasteiger partial charge in [0, 0.05) is 12.4 Å². The topological polar surface area (TPSA) is 71.8 Å². The van der Waals surface area contributed by atoms with Crippen molar-refractivity contribution in [3.63, 3.8) is 0 Å². The zero-order valence-corrected chi connectivity index (χ0v) is 14.2. The van der Waals surface area contributed by atoms with Gasteiger partial charge in [0.1, 0.15) is 5.82 Å². The first-order valence-corrected chi connectivity index (χ1v) is 7.87. The molecule has 12 heteroatoms. The molecule has 2 N–H and O–H groups in total. The summed E-state index contributed by atoms with van der Waals surface area (Å²) >= 11 is 0. The minimum absolute atomic E-state index is 0.122. The first kappa shape index (κ1) is 20.2. The van der Waals surface area contributed by atoms with E-state index in [4.69, 9.17) is 0 Å². The second-order valence-corrected chi connectivity index (χ2v) is 5.67. The number of nitrogens with zero attached hydrogens (tertiary/aromatic N) is 3. The summed E-state index contributed by atoms with van der Waals surface area (Å²) in [4.78, 5) is 16.0. The minimum Gasteiger partial charge on any atom is -0.306 e. The summed E-state index contributed by atoms with van der Waals surface area (Å²) in [5, 5.41) is 7.81. The van der Waals surface area contributed by atoms with Crippen molar-refractivity contribution < 1.29 is 31.1 Å². The van der Waals surface area contributed by atoms with E-state index in [1.165, 1.54) is 12.3 Å². The van der Waals surface area contributed by atoms with Crippen LogP contribution in [-0.2, 0) is 12.4 Å². The van der Waals surface area contributed by atoms with Crippen molar-refractivity contribution in [2.75, 3.05) is 10.6 Å². The highest BCUT2D eigenvalue weighted by Gasteiger charge is 2.34.